The highest BCUT2D eigenvalue weighted by molar-refractivity contribution is 7.99. The lowest BCUT2D eigenvalue weighted by molar-refractivity contribution is 0.717. The zero-order chi connectivity index (χ0) is 28.7. The van der Waals surface area contributed by atoms with Crippen LogP contribution in [0.25, 0.3) is 43.7 Å². The summed E-state index contributed by atoms with van der Waals surface area (Å²) in [6.45, 7) is 7.57. The molecule has 43 heavy (non-hydrogen) atoms. The number of pyridine rings is 3. The zero-order valence-corrected chi connectivity index (χ0v) is 23.3. The van der Waals surface area contributed by atoms with E-state index in [2.05, 4.69) is 75.1 Å². The van der Waals surface area contributed by atoms with Gasteiger partial charge in [-0.3, -0.25) is 9.97 Å². The molecule has 0 amide bonds. The first kappa shape index (κ1) is 23.9. The summed E-state index contributed by atoms with van der Waals surface area (Å²) in [5, 5.41) is 11.5. The molecule has 0 saturated carbocycles. The molecular formula is C36H18N6S. The third kappa shape index (κ3) is 2.99. The van der Waals surface area contributed by atoms with Gasteiger partial charge in [-0.25, -0.2) is 0 Å². The van der Waals surface area contributed by atoms with E-state index in [1.54, 1.807) is 18.0 Å². The first-order valence-corrected chi connectivity index (χ1v) is 14.6. The maximum absolute atomic E-state index is 9.69. The van der Waals surface area contributed by atoms with Crippen LogP contribution in [-0.2, 0) is 5.41 Å². The predicted molar refractivity (Wildman–Crippen MR) is 167 cm³/mol. The summed E-state index contributed by atoms with van der Waals surface area (Å²) in [4.78, 5) is 20.1. The molecule has 198 valence electrons. The van der Waals surface area contributed by atoms with E-state index >= 15 is 0 Å². The topological polar surface area (TPSA) is 71.8 Å². The third-order valence-electron chi connectivity index (χ3n) is 8.67. The van der Waals surface area contributed by atoms with Crippen LogP contribution < -0.4 is 0 Å². The second kappa shape index (κ2) is 8.62. The van der Waals surface area contributed by atoms with Crippen molar-refractivity contribution in [1.29, 1.82) is 5.26 Å². The van der Waals surface area contributed by atoms with E-state index in [0.29, 0.717) is 11.4 Å². The summed E-state index contributed by atoms with van der Waals surface area (Å²) in [6, 6.07) is 33.4. The largest absolute Gasteiger partial charge is 0.361 e. The third-order valence-corrected chi connectivity index (χ3v) is 9.88. The molecule has 0 bridgehead atoms. The molecular weight excluding hydrogens is 549 g/mol. The molecule has 1 aliphatic heterocycles. The Labute approximate surface area is 250 Å². The molecule has 3 aromatic carbocycles. The Bertz CT molecular complexity index is 2310. The number of benzene rings is 3. The lowest BCUT2D eigenvalue weighted by atomic mass is 9.67. The summed E-state index contributed by atoms with van der Waals surface area (Å²) in [6.07, 6.45) is 5.46. The molecule has 5 heterocycles. The fourth-order valence-corrected chi connectivity index (χ4v) is 8.33. The number of nitriles is 1. The molecule has 6 nitrogen and oxygen atoms in total. The average molecular weight is 567 g/mol. The van der Waals surface area contributed by atoms with Crippen molar-refractivity contribution in [2.24, 2.45) is 0 Å². The van der Waals surface area contributed by atoms with Gasteiger partial charge in [-0.15, -0.1) is 4.98 Å². The van der Waals surface area contributed by atoms with E-state index in [-0.39, 0.29) is 0 Å². The smallest absolute Gasteiger partial charge is 0.270 e. The van der Waals surface area contributed by atoms with Gasteiger partial charge in [0.2, 0.25) is 0 Å². The van der Waals surface area contributed by atoms with Crippen LogP contribution in [-0.4, -0.2) is 19.5 Å². The number of fused-ring (bicyclic) bond motifs is 12. The molecule has 7 aromatic rings. The Morgan fingerprint density at radius 1 is 0.744 bits per heavy atom. The van der Waals surface area contributed by atoms with E-state index in [9.17, 15) is 5.26 Å². The summed E-state index contributed by atoms with van der Waals surface area (Å²) in [5.41, 5.74) is 9.29. The lowest BCUT2D eigenvalue weighted by Crippen LogP contribution is -2.32. The van der Waals surface area contributed by atoms with Crippen molar-refractivity contribution < 1.29 is 0 Å². The van der Waals surface area contributed by atoms with E-state index in [4.69, 9.17) is 16.5 Å². The molecule has 7 heteroatoms. The molecule has 0 atom stereocenters. The van der Waals surface area contributed by atoms with E-state index in [0.717, 1.165) is 54.9 Å². The first-order valence-electron chi connectivity index (χ1n) is 13.8. The average Bonchev–Trinajstić information content (AvgIpc) is 3.55. The van der Waals surface area contributed by atoms with Crippen molar-refractivity contribution in [3.05, 3.63) is 149 Å². The van der Waals surface area contributed by atoms with E-state index in [1.807, 2.05) is 48.8 Å². The maximum atomic E-state index is 9.69. The van der Waals surface area contributed by atoms with E-state index in [1.165, 1.54) is 16.0 Å². The van der Waals surface area contributed by atoms with Gasteiger partial charge in [0.05, 0.1) is 45.2 Å². The molecule has 0 saturated heterocycles. The lowest BCUT2D eigenvalue weighted by Gasteiger charge is -2.39. The molecule has 0 fully saturated rings. The Morgan fingerprint density at radius 2 is 1.47 bits per heavy atom. The van der Waals surface area contributed by atoms with Gasteiger partial charge < -0.3 is 9.41 Å². The molecule has 9 rings (SSSR count). The maximum Gasteiger partial charge on any atom is 0.270 e. The van der Waals surface area contributed by atoms with E-state index < -0.39 is 5.41 Å². The molecule has 1 aliphatic carbocycles. The minimum atomic E-state index is -0.595. The standard InChI is InChI=1S/C36H18N6S/c1-38-32-18-23-22-17-21(19-37)13-14-28(22)42(30(23)20-41-32)29-11-4-8-27-35(29)43-31-12-3-2-7-24(31)36(27)25-9-5-15-39-33(25)34-26(36)10-6-16-40-34/h2-18,20H. The Kier molecular flexibility index (Phi) is 4.79. The van der Waals surface area contributed by atoms with Gasteiger partial charge in [-0.05, 0) is 70.8 Å². The summed E-state index contributed by atoms with van der Waals surface area (Å²) >= 11 is 1.77. The van der Waals surface area contributed by atoms with Crippen LogP contribution in [0.2, 0.25) is 0 Å². The SMILES string of the molecule is [C-]#[N+]c1cc2c3cc(C#N)ccc3n(-c3cccc4c3Sc3ccccc3C43c4cccnc4-c4ncccc43)c2cn1. The molecule has 2 aliphatic rings. The van der Waals surface area contributed by atoms with Crippen LogP contribution in [0.4, 0.5) is 5.82 Å². The van der Waals surface area contributed by atoms with Gasteiger partial charge in [-0.2, -0.15) is 5.26 Å². The molecule has 0 N–H and O–H groups in total. The first-order chi connectivity index (χ1) is 21.2. The van der Waals surface area contributed by atoms with Crippen LogP contribution in [0.15, 0.2) is 119 Å². The van der Waals surface area contributed by atoms with Crippen LogP contribution in [0, 0.1) is 17.9 Å². The Hall–Kier alpha value is -5.76. The van der Waals surface area contributed by atoms with Crippen LogP contribution in [0.5, 0.6) is 0 Å². The van der Waals surface area contributed by atoms with Gasteiger partial charge in [-0.1, -0.05) is 60.8 Å². The van der Waals surface area contributed by atoms with Crippen molar-refractivity contribution in [1.82, 2.24) is 19.5 Å². The molecule has 4 aromatic heterocycles. The zero-order valence-electron chi connectivity index (χ0n) is 22.5. The number of nitrogens with zero attached hydrogens (tertiary/aromatic N) is 6. The van der Waals surface area contributed by atoms with Gasteiger partial charge >= 0.3 is 0 Å². The number of aromatic nitrogens is 4. The molecule has 0 unspecified atom stereocenters. The number of rotatable bonds is 1. The fourth-order valence-electron chi connectivity index (χ4n) is 7.04. The second-order valence-electron chi connectivity index (χ2n) is 10.7. The van der Waals surface area contributed by atoms with Crippen molar-refractivity contribution in [3.63, 3.8) is 0 Å². The molecule has 0 radical (unpaired) electrons. The number of hydrogen-bond donors (Lipinski definition) is 0. The predicted octanol–water partition coefficient (Wildman–Crippen LogP) is 8.22. The Morgan fingerprint density at radius 3 is 2.23 bits per heavy atom. The second-order valence-corrected chi connectivity index (χ2v) is 11.7. The van der Waals surface area contributed by atoms with Crippen molar-refractivity contribution in [3.8, 4) is 23.1 Å². The van der Waals surface area contributed by atoms with Crippen LogP contribution in [0.1, 0.15) is 27.8 Å². The van der Waals surface area contributed by atoms with Gasteiger partial charge in [0.1, 0.15) is 6.20 Å². The monoisotopic (exact) mass is 566 g/mol. The van der Waals surface area contributed by atoms with Gasteiger partial charge in [0.15, 0.2) is 0 Å². The van der Waals surface area contributed by atoms with Gasteiger partial charge in [0.25, 0.3) is 5.82 Å². The van der Waals surface area contributed by atoms with Crippen molar-refractivity contribution >= 4 is 39.4 Å². The highest BCUT2D eigenvalue weighted by Gasteiger charge is 2.51. The Balaban J connectivity index is 1.44. The summed E-state index contributed by atoms with van der Waals surface area (Å²) in [5.74, 6) is 0.324. The van der Waals surface area contributed by atoms with Crippen molar-refractivity contribution in [2.45, 2.75) is 15.2 Å². The highest BCUT2D eigenvalue weighted by Crippen LogP contribution is 2.62. The minimum Gasteiger partial charge on any atom is -0.361 e. The molecule has 1 spiro atoms. The summed E-state index contributed by atoms with van der Waals surface area (Å²) < 4.78 is 2.23. The van der Waals surface area contributed by atoms with Gasteiger partial charge in [0, 0.05) is 33.0 Å². The quantitative estimate of drug-likeness (QED) is 0.187. The van der Waals surface area contributed by atoms with Crippen LogP contribution in [0.3, 0.4) is 0 Å². The number of hydrogen-bond acceptors (Lipinski definition) is 5. The van der Waals surface area contributed by atoms with Crippen LogP contribution >= 0.6 is 11.8 Å². The normalized spacial score (nSPS) is 13.6. The minimum absolute atomic E-state index is 0.324. The van der Waals surface area contributed by atoms with Crippen molar-refractivity contribution in [2.75, 3.05) is 0 Å². The fraction of sp³-hybridized carbons (Fsp3) is 0.0278. The summed E-state index contributed by atoms with van der Waals surface area (Å²) in [7, 11) is 0. The highest BCUT2D eigenvalue weighted by atomic mass is 32.2.